The van der Waals surface area contributed by atoms with Crippen LogP contribution in [-0.4, -0.2) is 15.8 Å². The Bertz CT molecular complexity index is 777. The van der Waals surface area contributed by atoms with Crippen LogP contribution >= 0.6 is 15.9 Å². The van der Waals surface area contributed by atoms with E-state index in [1.165, 1.54) is 0 Å². The van der Waals surface area contributed by atoms with Crippen LogP contribution < -0.4 is 0 Å². The van der Waals surface area contributed by atoms with Crippen molar-refractivity contribution in [2.75, 3.05) is 0 Å². The number of halogens is 1. The fourth-order valence-corrected chi connectivity index (χ4v) is 2.42. The van der Waals surface area contributed by atoms with E-state index in [4.69, 9.17) is 0 Å². The monoisotopic (exact) mass is 314 g/mol. The van der Waals surface area contributed by atoms with E-state index < -0.39 is 0 Å². The molecule has 0 saturated carbocycles. The highest BCUT2D eigenvalue weighted by Gasteiger charge is 2.14. The summed E-state index contributed by atoms with van der Waals surface area (Å²) in [6, 6.07) is 7.49. The van der Waals surface area contributed by atoms with E-state index in [-0.39, 0.29) is 5.78 Å². The molecule has 0 aliphatic carbocycles. The highest BCUT2D eigenvalue weighted by atomic mass is 79.9. The molecule has 2 heterocycles. The third-order valence-electron chi connectivity index (χ3n) is 3.16. The van der Waals surface area contributed by atoms with Gasteiger partial charge in [0.25, 0.3) is 0 Å². The number of carbonyl (C=O) groups excluding carboxylic acids is 1. The van der Waals surface area contributed by atoms with Gasteiger partial charge in [-0.15, -0.1) is 0 Å². The second kappa shape index (κ2) is 4.63. The van der Waals surface area contributed by atoms with Crippen LogP contribution in [0.15, 0.2) is 47.3 Å². The molecule has 0 aliphatic rings. The lowest BCUT2D eigenvalue weighted by atomic mass is 10.0. The molecule has 1 N–H and O–H groups in total. The Morgan fingerprint density at radius 1 is 1.32 bits per heavy atom. The van der Waals surface area contributed by atoms with Crippen LogP contribution in [0.5, 0.6) is 0 Å². The Labute approximate surface area is 118 Å². The van der Waals surface area contributed by atoms with Gasteiger partial charge in [-0.2, -0.15) is 0 Å². The average Bonchev–Trinajstić information content (AvgIpc) is 2.85. The number of nitrogens with zero attached hydrogens (tertiary/aromatic N) is 1. The van der Waals surface area contributed by atoms with E-state index in [1.807, 2.05) is 31.2 Å². The number of pyridine rings is 1. The molecule has 0 atom stereocenters. The minimum absolute atomic E-state index is 0.0000463. The highest BCUT2D eigenvalue weighted by Crippen LogP contribution is 2.23. The van der Waals surface area contributed by atoms with Crippen LogP contribution in [0.1, 0.15) is 21.5 Å². The van der Waals surface area contributed by atoms with Gasteiger partial charge in [-0.25, -0.2) is 0 Å². The molecule has 0 radical (unpaired) electrons. The summed E-state index contributed by atoms with van der Waals surface area (Å²) in [7, 11) is 0. The molecule has 3 rings (SSSR count). The Morgan fingerprint density at radius 2 is 2.16 bits per heavy atom. The van der Waals surface area contributed by atoms with Crippen molar-refractivity contribution >= 4 is 32.6 Å². The van der Waals surface area contributed by atoms with E-state index in [1.54, 1.807) is 18.6 Å². The molecule has 1 aromatic carbocycles. The van der Waals surface area contributed by atoms with Gasteiger partial charge in [0.2, 0.25) is 0 Å². The van der Waals surface area contributed by atoms with Crippen molar-refractivity contribution in [2.45, 2.75) is 6.92 Å². The summed E-state index contributed by atoms with van der Waals surface area (Å²) < 4.78 is 0.941. The smallest absolute Gasteiger partial charge is 0.195 e. The zero-order valence-electron chi connectivity index (χ0n) is 10.3. The van der Waals surface area contributed by atoms with Crippen LogP contribution in [0.3, 0.4) is 0 Å². The Hall–Kier alpha value is -1.94. The van der Waals surface area contributed by atoms with Crippen molar-refractivity contribution in [2.24, 2.45) is 0 Å². The predicted molar refractivity (Wildman–Crippen MR) is 78.4 cm³/mol. The summed E-state index contributed by atoms with van der Waals surface area (Å²) in [4.78, 5) is 19.7. The van der Waals surface area contributed by atoms with E-state index in [9.17, 15) is 4.79 Å². The molecule has 0 amide bonds. The minimum atomic E-state index is -0.0000463. The molecule has 0 fully saturated rings. The maximum atomic E-state index is 12.5. The zero-order chi connectivity index (χ0) is 13.4. The second-order valence-corrected chi connectivity index (χ2v) is 5.27. The third-order valence-corrected chi connectivity index (χ3v) is 4.02. The number of aromatic amines is 1. The van der Waals surface area contributed by atoms with Gasteiger partial charge in [0, 0.05) is 45.1 Å². The number of aromatic nitrogens is 2. The predicted octanol–water partition coefficient (Wildman–Crippen LogP) is 3.86. The molecule has 0 saturated heterocycles. The summed E-state index contributed by atoms with van der Waals surface area (Å²) in [5.74, 6) is -0.0000463. The van der Waals surface area contributed by atoms with Gasteiger partial charge in [0.05, 0.1) is 0 Å². The molecule has 3 nitrogen and oxygen atoms in total. The number of ketones is 1. The number of benzene rings is 1. The number of aryl methyl sites for hydroxylation is 1. The van der Waals surface area contributed by atoms with Gasteiger partial charge >= 0.3 is 0 Å². The van der Waals surface area contributed by atoms with Crippen molar-refractivity contribution in [3.8, 4) is 0 Å². The lowest BCUT2D eigenvalue weighted by molar-refractivity contribution is 0.104. The molecule has 2 aromatic heterocycles. The van der Waals surface area contributed by atoms with Crippen LogP contribution in [0.2, 0.25) is 0 Å². The topological polar surface area (TPSA) is 45.8 Å². The molecular weight excluding hydrogens is 304 g/mol. The van der Waals surface area contributed by atoms with Gasteiger partial charge in [0.1, 0.15) is 0 Å². The third kappa shape index (κ3) is 2.08. The summed E-state index contributed by atoms with van der Waals surface area (Å²) in [6.45, 7) is 1.99. The van der Waals surface area contributed by atoms with Gasteiger partial charge in [-0.1, -0.05) is 28.1 Å². The number of hydrogen-bond acceptors (Lipinski definition) is 2. The Kier molecular flexibility index (Phi) is 2.95. The van der Waals surface area contributed by atoms with Crippen LogP contribution in [-0.2, 0) is 0 Å². The van der Waals surface area contributed by atoms with Gasteiger partial charge < -0.3 is 4.98 Å². The first-order chi connectivity index (χ1) is 9.16. The van der Waals surface area contributed by atoms with E-state index >= 15 is 0 Å². The molecule has 4 heteroatoms. The second-order valence-electron chi connectivity index (χ2n) is 4.42. The quantitative estimate of drug-likeness (QED) is 0.730. The lowest BCUT2D eigenvalue weighted by Crippen LogP contribution is -2.00. The molecule has 0 spiro atoms. The normalized spacial score (nSPS) is 10.8. The number of H-pyrrole nitrogens is 1. The largest absolute Gasteiger partial charge is 0.360 e. The maximum Gasteiger partial charge on any atom is 0.195 e. The molecule has 0 bridgehead atoms. The molecular formula is C15H11BrN2O. The van der Waals surface area contributed by atoms with E-state index in [0.29, 0.717) is 11.1 Å². The highest BCUT2D eigenvalue weighted by molar-refractivity contribution is 9.10. The van der Waals surface area contributed by atoms with Crippen LogP contribution in [0.25, 0.3) is 10.9 Å². The number of rotatable bonds is 2. The molecule has 94 valence electrons. The van der Waals surface area contributed by atoms with Crippen LogP contribution in [0.4, 0.5) is 0 Å². The van der Waals surface area contributed by atoms with Crippen molar-refractivity contribution in [1.29, 1.82) is 0 Å². The zero-order valence-corrected chi connectivity index (χ0v) is 11.9. The van der Waals surface area contributed by atoms with Crippen molar-refractivity contribution in [1.82, 2.24) is 9.97 Å². The number of hydrogen-bond donors (Lipinski definition) is 1. The fourth-order valence-electron chi connectivity index (χ4n) is 2.04. The van der Waals surface area contributed by atoms with Crippen LogP contribution in [0, 0.1) is 6.92 Å². The summed E-state index contributed by atoms with van der Waals surface area (Å²) in [5, 5.41) is 0.851. The first kappa shape index (κ1) is 12.1. The van der Waals surface area contributed by atoms with Gasteiger partial charge in [0.15, 0.2) is 5.78 Å². The first-order valence-corrected chi connectivity index (χ1v) is 6.68. The number of nitrogens with one attached hydrogen (secondary N) is 1. The van der Waals surface area contributed by atoms with Crippen molar-refractivity contribution in [3.63, 3.8) is 0 Å². The van der Waals surface area contributed by atoms with E-state index in [0.717, 1.165) is 20.9 Å². The summed E-state index contributed by atoms with van der Waals surface area (Å²) in [5.41, 5.74) is 3.35. The molecule has 0 aliphatic heterocycles. The van der Waals surface area contributed by atoms with Crippen molar-refractivity contribution in [3.05, 3.63) is 64.0 Å². The Morgan fingerprint density at radius 3 is 2.95 bits per heavy atom. The molecule has 0 unspecified atom stereocenters. The van der Waals surface area contributed by atoms with E-state index in [2.05, 4.69) is 25.9 Å². The maximum absolute atomic E-state index is 12.5. The summed E-state index contributed by atoms with van der Waals surface area (Å²) >= 11 is 3.46. The Balaban J connectivity index is 2.11. The van der Waals surface area contributed by atoms with Gasteiger partial charge in [-0.05, 0) is 24.6 Å². The first-order valence-electron chi connectivity index (χ1n) is 5.89. The number of fused-ring (bicyclic) bond motifs is 1. The number of carbonyl (C=O) groups is 1. The molecule has 3 aromatic rings. The SMILES string of the molecule is Cc1ccc(C(=O)c2c[nH]c3ccncc23)cc1Br. The summed E-state index contributed by atoms with van der Waals surface area (Å²) in [6.07, 6.45) is 5.15. The lowest BCUT2D eigenvalue weighted by Gasteiger charge is -2.03. The van der Waals surface area contributed by atoms with Crippen molar-refractivity contribution < 1.29 is 4.79 Å². The van der Waals surface area contributed by atoms with Gasteiger partial charge in [-0.3, -0.25) is 9.78 Å². The average molecular weight is 315 g/mol. The minimum Gasteiger partial charge on any atom is -0.360 e. The fraction of sp³-hybridized carbons (Fsp3) is 0.0667. The standard InChI is InChI=1S/C15H11BrN2O/c1-9-2-3-10(6-13(9)16)15(19)12-8-18-14-4-5-17-7-11(12)14/h2-8,18H,1H3. The molecule has 19 heavy (non-hydrogen) atoms.